The minimum atomic E-state index is -3.50. The minimum Gasteiger partial charge on any atom is -0.352 e. The lowest BCUT2D eigenvalue weighted by atomic mass is 9.97. The number of benzene rings is 2. The number of sulfonamides is 1. The fourth-order valence-electron chi connectivity index (χ4n) is 4.27. The highest BCUT2D eigenvalue weighted by Crippen LogP contribution is 2.22. The zero-order chi connectivity index (χ0) is 24.1. The molecule has 2 aromatic carbocycles. The third-order valence-corrected chi connectivity index (χ3v) is 8.28. The minimum absolute atomic E-state index is 0.206. The second kappa shape index (κ2) is 10.5. The van der Waals surface area contributed by atoms with Crippen molar-refractivity contribution in [3.63, 3.8) is 0 Å². The molecule has 34 heavy (non-hydrogen) atoms. The molecule has 0 aromatic heterocycles. The third-order valence-electron chi connectivity index (χ3n) is 6.37. The predicted octanol–water partition coefficient (Wildman–Crippen LogP) is 3.28. The van der Waals surface area contributed by atoms with Crippen molar-refractivity contribution in [2.45, 2.75) is 30.6 Å². The van der Waals surface area contributed by atoms with Gasteiger partial charge >= 0.3 is 6.03 Å². The zero-order valence-electron chi connectivity index (χ0n) is 18.9. The van der Waals surface area contributed by atoms with Crippen molar-refractivity contribution in [2.75, 3.05) is 38.0 Å². The normalized spacial score (nSPS) is 17.5. The first-order chi connectivity index (χ1) is 16.3. The Kier molecular flexibility index (Phi) is 7.47. The van der Waals surface area contributed by atoms with Gasteiger partial charge in [-0.15, -0.1) is 0 Å². The molecular weight excluding hydrogens is 459 g/mol. The molecule has 2 aromatic rings. The number of urea groups is 1. The van der Waals surface area contributed by atoms with Crippen molar-refractivity contribution < 1.29 is 22.4 Å². The summed E-state index contributed by atoms with van der Waals surface area (Å²) in [5.41, 5.74) is 0.955. The van der Waals surface area contributed by atoms with E-state index in [4.69, 9.17) is 0 Å². The number of nitrogens with zero attached hydrogens (tertiary/aromatic N) is 2. The maximum absolute atomic E-state index is 13.0. The number of piperidine rings is 1. The highest BCUT2D eigenvalue weighted by molar-refractivity contribution is 7.89. The molecule has 0 bridgehead atoms. The van der Waals surface area contributed by atoms with Crippen molar-refractivity contribution in [1.29, 1.82) is 0 Å². The number of hydrogen-bond donors (Lipinski definition) is 2. The third kappa shape index (κ3) is 5.74. The molecule has 0 aliphatic carbocycles. The van der Waals surface area contributed by atoms with Gasteiger partial charge in [0.05, 0.1) is 4.90 Å². The van der Waals surface area contributed by atoms with E-state index in [0.717, 1.165) is 25.7 Å². The Hall–Kier alpha value is -2.98. The van der Waals surface area contributed by atoms with Crippen LogP contribution in [-0.2, 0) is 10.0 Å². The van der Waals surface area contributed by atoms with Gasteiger partial charge in [-0.25, -0.2) is 17.6 Å². The van der Waals surface area contributed by atoms with E-state index in [2.05, 4.69) is 10.6 Å². The van der Waals surface area contributed by atoms with Crippen LogP contribution in [0.2, 0.25) is 0 Å². The summed E-state index contributed by atoms with van der Waals surface area (Å²) in [5, 5.41) is 5.68. The van der Waals surface area contributed by atoms with Gasteiger partial charge in [-0.3, -0.25) is 4.79 Å². The number of anilines is 1. The maximum atomic E-state index is 13.0. The summed E-state index contributed by atoms with van der Waals surface area (Å²) < 4.78 is 39.7. The number of carbonyl (C=O) groups is 2. The number of hydrogen-bond acceptors (Lipinski definition) is 4. The first kappa shape index (κ1) is 24.2. The highest BCUT2D eigenvalue weighted by Gasteiger charge is 2.27. The van der Waals surface area contributed by atoms with Gasteiger partial charge in [0, 0.05) is 44.0 Å². The molecule has 2 saturated heterocycles. The second-order valence-corrected chi connectivity index (χ2v) is 10.7. The van der Waals surface area contributed by atoms with Gasteiger partial charge in [-0.05, 0) is 80.1 Å². The average molecular weight is 489 g/mol. The molecule has 2 fully saturated rings. The van der Waals surface area contributed by atoms with Crippen molar-refractivity contribution in [3.05, 3.63) is 59.9 Å². The van der Waals surface area contributed by atoms with E-state index in [0.29, 0.717) is 44.0 Å². The molecule has 4 rings (SSSR count). The molecule has 0 atom stereocenters. The van der Waals surface area contributed by atoms with E-state index in [1.807, 2.05) is 0 Å². The van der Waals surface area contributed by atoms with Crippen molar-refractivity contribution >= 4 is 27.6 Å². The molecule has 10 heteroatoms. The number of carbonyl (C=O) groups excluding carboxylic acids is 2. The Bertz CT molecular complexity index is 1110. The summed E-state index contributed by atoms with van der Waals surface area (Å²) in [6.07, 6.45) is 3.25. The molecule has 2 aliphatic heterocycles. The fraction of sp³-hybridized carbons (Fsp3) is 0.417. The van der Waals surface area contributed by atoms with Crippen LogP contribution >= 0.6 is 0 Å². The van der Waals surface area contributed by atoms with Crippen LogP contribution in [0.5, 0.6) is 0 Å². The van der Waals surface area contributed by atoms with Crippen LogP contribution in [0.4, 0.5) is 14.9 Å². The lowest BCUT2D eigenvalue weighted by Crippen LogP contribution is -2.43. The predicted molar refractivity (Wildman–Crippen MR) is 126 cm³/mol. The smallest absolute Gasteiger partial charge is 0.321 e. The monoisotopic (exact) mass is 488 g/mol. The molecule has 0 unspecified atom stereocenters. The molecule has 2 heterocycles. The first-order valence-corrected chi connectivity index (χ1v) is 13.0. The van der Waals surface area contributed by atoms with Crippen LogP contribution in [-0.4, -0.2) is 62.3 Å². The number of likely N-dealkylation sites (tertiary alicyclic amines) is 1. The molecule has 2 aliphatic rings. The molecule has 0 spiro atoms. The lowest BCUT2D eigenvalue weighted by molar-refractivity contribution is 0.0938. The van der Waals surface area contributed by atoms with E-state index in [1.54, 1.807) is 17.0 Å². The van der Waals surface area contributed by atoms with E-state index >= 15 is 0 Å². The van der Waals surface area contributed by atoms with E-state index in [1.165, 1.54) is 40.7 Å². The fourth-order valence-corrected chi connectivity index (χ4v) is 5.79. The molecule has 3 amide bonds. The van der Waals surface area contributed by atoms with Crippen molar-refractivity contribution in [2.24, 2.45) is 5.92 Å². The maximum Gasteiger partial charge on any atom is 0.321 e. The number of rotatable bonds is 6. The van der Waals surface area contributed by atoms with Crippen molar-refractivity contribution in [1.82, 2.24) is 14.5 Å². The first-order valence-electron chi connectivity index (χ1n) is 11.5. The summed E-state index contributed by atoms with van der Waals surface area (Å²) in [7, 11) is -3.50. The van der Waals surface area contributed by atoms with Gasteiger partial charge in [0.25, 0.3) is 5.91 Å². The molecule has 2 N–H and O–H groups in total. The Balaban J connectivity index is 1.22. The summed E-state index contributed by atoms with van der Waals surface area (Å²) >= 11 is 0. The van der Waals surface area contributed by atoms with Crippen LogP contribution in [0.15, 0.2) is 53.4 Å². The summed E-state index contributed by atoms with van der Waals surface area (Å²) in [5.74, 6) is -0.362. The largest absolute Gasteiger partial charge is 0.352 e. The number of amides is 3. The van der Waals surface area contributed by atoms with Crippen LogP contribution < -0.4 is 10.6 Å². The molecule has 8 nitrogen and oxygen atoms in total. The standard InChI is InChI=1S/C24H29FN4O4S/c25-20-5-7-21(8-6-20)27-24(31)28-15-11-18(12-16-28)17-26-23(30)19-3-9-22(10-4-19)34(32,33)29-13-1-2-14-29/h3-10,18H,1-2,11-17H2,(H,26,30)(H,27,31). The quantitative estimate of drug-likeness (QED) is 0.652. The van der Waals surface area contributed by atoms with Gasteiger partial charge in [0.1, 0.15) is 5.82 Å². The molecule has 0 saturated carbocycles. The average Bonchev–Trinajstić information content (AvgIpc) is 3.40. The van der Waals surface area contributed by atoms with E-state index < -0.39 is 10.0 Å². The molecule has 182 valence electrons. The van der Waals surface area contributed by atoms with Gasteiger partial charge in [0.2, 0.25) is 10.0 Å². The Morgan fingerprint density at radius 2 is 1.53 bits per heavy atom. The van der Waals surface area contributed by atoms with Crippen LogP contribution in [0.1, 0.15) is 36.0 Å². The topological polar surface area (TPSA) is 98.8 Å². The Morgan fingerprint density at radius 1 is 0.912 bits per heavy atom. The lowest BCUT2D eigenvalue weighted by Gasteiger charge is -2.32. The summed E-state index contributed by atoms with van der Waals surface area (Å²) in [6.45, 7) is 2.70. The zero-order valence-corrected chi connectivity index (χ0v) is 19.7. The van der Waals surface area contributed by atoms with Crippen LogP contribution in [0.3, 0.4) is 0 Å². The highest BCUT2D eigenvalue weighted by atomic mass is 32.2. The van der Waals surface area contributed by atoms with Crippen molar-refractivity contribution in [3.8, 4) is 0 Å². The SMILES string of the molecule is O=C(NCC1CCN(C(=O)Nc2ccc(F)cc2)CC1)c1ccc(S(=O)(=O)N2CCCC2)cc1. The Morgan fingerprint density at radius 3 is 2.15 bits per heavy atom. The van der Waals surface area contributed by atoms with E-state index in [9.17, 15) is 22.4 Å². The number of nitrogens with one attached hydrogen (secondary N) is 2. The second-order valence-electron chi connectivity index (χ2n) is 8.71. The van der Waals surface area contributed by atoms with Crippen LogP contribution in [0.25, 0.3) is 0 Å². The van der Waals surface area contributed by atoms with Gasteiger partial charge in [0.15, 0.2) is 0 Å². The summed E-state index contributed by atoms with van der Waals surface area (Å²) in [4.78, 5) is 26.8. The molecule has 0 radical (unpaired) electrons. The van der Waals surface area contributed by atoms with Gasteiger partial charge < -0.3 is 15.5 Å². The Labute approximate surface area is 199 Å². The molecular formula is C24H29FN4O4S. The summed E-state index contributed by atoms with van der Waals surface area (Å²) in [6, 6.07) is 11.5. The van der Waals surface area contributed by atoms with E-state index in [-0.39, 0.29) is 28.6 Å². The van der Waals surface area contributed by atoms with Crippen LogP contribution in [0, 0.1) is 11.7 Å². The number of halogens is 1. The van der Waals surface area contributed by atoms with Gasteiger partial charge in [-0.1, -0.05) is 0 Å². The van der Waals surface area contributed by atoms with Gasteiger partial charge in [-0.2, -0.15) is 4.31 Å².